The van der Waals surface area contributed by atoms with E-state index in [1.54, 1.807) is 6.07 Å². The molecule has 1 aromatic rings. The van der Waals surface area contributed by atoms with Gasteiger partial charge in [0.2, 0.25) is 0 Å². The van der Waals surface area contributed by atoms with Gasteiger partial charge in [-0.2, -0.15) is 0 Å². The molecule has 0 aromatic carbocycles. The molecular formula is C12H20N4O2. The summed E-state index contributed by atoms with van der Waals surface area (Å²) in [4.78, 5) is 16.1. The van der Waals surface area contributed by atoms with E-state index in [1.165, 1.54) is 12.3 Å². The maximum absolute atomic E-state index is 10.5. The first kappa shape index (κ1) is 14.4. The van der Waals surface area contributed by atoms with E-state index in [1.807, 2.05) is 0 Å². The van der Waals surface area contributed by atoms with Crippen LogP contribution in [0.15, 0.2) is 18.3 Å². The molecule has 6 heteroatoms. The lowest BCUT2D eigenvalue weighted by molar-refractivity contribution is -0.389. The molecule has 0 fully saturated rings. The van der Waals surface area contributed by atoms with Gasteiger partial charge in [-0.05, 0) is 36.0 Å². The number of likely N-dealkylation sites (N-methyl/N-ethyl adjacent to an activating group) is 1. The van der Waals surface area contributed by atoms with E-state index in [4.69, 9.17) is 0 Å². The van der Waals surface area contributed by atoms with Gasteiger partial charge >= 0.3 is 5.82 Å². The van der Waals surface area contributed by atoms with Crippen LogP contribution in [0.25, 0.3) is 0 Å². The van der Waals surface area contributed by atoms with Gasteiger partial charge in [0.05, 0.1) is 5.69 Å². The van der Waals surface area contributed by atoms with Crippen molar-refractivity contribution >= 4 is 11.5 Å². The first-order valence-electron chi connectivity index (χ1n) is 6.16. The highest BCUT2D eigenvalue weighted by molar-refractivity contribution is 5.44. The molecule has 18 heavy (non-hydrogen) atoms. The Kier molecular flexibility index (Phi) is 5.51. The fourth-order valence-electron chi connectivity index (χ4n) is 1.78. The van der Waals surface area contributed by atoms with Crippen molar-refractivity contribution in [3.05, 3.63) is 28.4 Å². The Balaban J connectivity index is 2.53. The highest BCUT2D eigenvalue weighted by Crippen LogP contribution is 2.12. The predicted octanol–water partition coefficient (Wildman–Crippen LogP) is 2.13. The van der Waals surface area contributed by atoms with E-state index < -0.39 is 4.92 Å². The summed E-state index contributed by atoms with van der Waals surface area (Å²) in [5.74, 6) is -0.128. The van der Waals surface area contributed by atoms with E-state index in [2.05, 4.69) is 36.0 Å². The molecule has 0 amide bonds. The fourth-order valence-corrected chi connectivity index (χ4v) is 1.78. The summed E-state index contributed by atoms with van der Waals surface area (Å²) in [6.45, 7) is 9.30. The third kappa shape index (κ3) is 4.29. The quantitative estimate of drug-likeness (QED) is 0.594. The van der Waals surface area contributed by atoms with Crippen molar-refractivity contribution in [2.45, 2.75) is 26.8 Å². The zero-order valence-corrected chi connectivity index (χ0v) is 11.1. The molecule has 0 radical (unpaired) electrons. The standard InChI is InChI=1S/C12H20N4O2/c1-4-15(5-2)9-10(3)14-11-6-7-12(13-8-11)16(17)18/h6-8,10,14H,4-5,9H2,1-3H3. The van der Waals surface area contributed by atoms with Crippen molar-refractivity contribution in [1.82, 2.24) is 9.88 Å². The van der Waals surface area contributed by atoms with Crippen molar-refractivity contribution in [2.24, 2.45) is 0 Å². The Morgan fingerprint density at radius 3 is 2.56 bits per heavy atom. The normalized spacial score (nSPS) is 12.4. The van der Waals surface area contributed by atoms with Crippen LogP contribution in [0.2, 0.25) is 0 Å². The average Bonchev–Trinajstić information content (AvgIpc) is 2.36. The van der Waals surface area contributed by atoms with Gasteiger partial charge in [-0.3, -0.25) is 0 Å². The van der Waals surface area contributed by atoms with Gasteiger partial charge in [0.15, 0.2) is 6.20 Å². The van der Waals surface area contributed by atoms with E-state index >= 15 is 0 Å². The number of hydrogen-bond donors (Lipinski definition) is 1. The molecule has 0 aliphatic rings. The van der Waals surface area contributed by atoms with E-state index in [0.29, 0.717) is 0 Å². The van der Waals surface area contributed by atoms with Gasteiger partial charge in [-0.25, -0.2) is 0 Å². The fraction of sp³-hybridized carbons (Fsp3) is 0.583. The summed E-state index contributed by atoms with van der Waals surface area (Å²) in [6, 6.07) is 3.37. The molecule has 6 nitrogen and oxygen atoms in total. The number of aromatic nitrogens is 1. The van der Waals surface area contributed by atoms with Crippen LogP contribution in [0.5, 0.6) is 0 Å². The predicted molar refractivity (Wildman–Crippen MR) is 71.8 cm³/mol. The minimum Gasteiger partial charge on any atom is -0.378 e. The second-order valence-corrected chi connectivity index (χ2v) is 4.19. The maximum Gasteiger partial charge on any atom is 0.363 e. The molecule has 0 aliphatic carbocycles. The molecule has 0 saturated heterocycles. The number of nitro groups is 1. The lowest BCUT2D eigenvalue weighted by Gasteiger charge is -2.23. The van der Waals surface area contributed by atoms with Crippen LogP contribution in [0.1, 0.15) is 20.8 Å². The van der Waals surface area contributed by atoms with Gasteiger partial charge in [-0.1, -0.05) is 13.8 Å². The highest BCUT2D eigenvalue weighted by Gasteiger charge is 2.10. The van der Waals surface area contributed by atoms with Crippen LogP contribution >= 0.6 is 0 Å². The average molecular weight is 252 g/mol. The first-order chi connectivity index (χ1) is 8.56. The number of hydrogen-bond acceptors (Lipinski definition) is 5. The number of pyridine rings is 1. The molecule has 0 spiro atoms. The molecule has 1 unspecified atom stereocenters. The summed E-state index contributed by atoms with van der Waals surface area (Å²) in [5, 5.41) is 13.8. The number of nitrogens with one attached hydrogen (secondary N) is 1. The summed E-state index contributed by atoms with van der Waals surface area (Å²) in [7, 11) is 0. The Bertz CT molecular complexity index is 376. The van der Waals surface area contributed by atoms with Crippen LogP contribution in [0, 0.1) is 10.1 Å². The summed E-state index contributed by atoms with van der Waals surface area (Å²) in [6.07, 6.45) is 1.50. The lowest BCUT2D eigenvalue weighted by Crippen LogP contribution is -2.34. The molecule has 1 heterocycles. The topological polar surface area (TPSA) is 71.3 Å². The van der Waals surface area contributed by atoms with Crippen molar-refractivity contribution in [2.75, 3.05) is 25.0 Å². The van der Waals surface area contributed by atoms with Gasteiger partial charge in [0, 0.05) is 18.7 Å². The molecule has 1 aromatic heterocycles. The zero-order chi connectivity index (χ0) is 13.5. The van der Waals surface area contributed by atoms with E-state index in [0.717, 1.165) is 25.3 Å². The second-order valence-electron chi connectivity index (χ2n) is 4.19. The van der Waals surface area contributed by atoms with Crippen LogP contribution in [0.3, 0.4) is 0 Å². The molecular weight excluding hydrogens is 232 g/mol. The summed E-state index contributed by atoms with van der Waals surface area (Å²) >= 11 is 0. The molecule has 1 rings (SSSR count). The van der Waals surface area contributed by atoms with Crippen LogP contribution < -0.4 is 5.32 Å². The number of nitrogens with zero attached hydrogens (tertiary/aromatic N) is 3. The van der Waals surface area contributed by atoms with Crippen LogP contribution in [-0.2, 0) is 0 Å². The Morgan fingerprint density at radius 2 is 2.11 bits per heavy atom. The van der Waals surface area contributed by atoms with Crippen molar-refractivity contribution in [3.8, 4) is 0 Å². The largest absolute Gasteiger partial charge is 0.378 e. The molecule has 0 bridgehead atoms. The highest BCUT2D eigenvalue weighted by atomic mass is 16.6. The third-order valence-electron chi connectivity index (χ3n) is 2.77. The Hall–Kier alpha value is -1.69. The van der Waals surface area contributed by atoms with Gasteiger partial charge in [0.25, 0.3) is 0 Å². The van der Waals surface area contributed by atoms with E-state index in [-0.39, 0.29) is 11.9 Å². The molecule has 1 N–H and O–H groups in total. The van der Waals surface area contributed by atoms with E-state index in [9.17, 15) is 10.1 Å². The summed E-state index contributed by atoms with van der Waals surface area (Å²) < 4.78 is 0. The minimum atomic E-state index is -0.497. The number of anilines is 1. The molecule has 100 valence electrons. The lowest BCUT2D eigenvalue weighted by atomic mass is 10.2. The third-order valence-corrected chi connectivity index (χ3v) is 2.77. The molecule has 0 saturated carbocycles. The van der Waals surface area contributed by atoms with Crippen molar-refractivity contribution < 1.29 is 4.92 Å². The van der Waals surface area contributed by atoms with Crippen LogP contribution in [0.4, 0.5) is 11.5 Å². The second kappa shape index (κ2) is 6.90. The minimum absolute atomic E-state index is 0.128. The number of rotatable bonds is 7. The van der Waals surface area contributed by atoms with Crippen molar-refractivity contribution in [1.29, 1.82) is 0 Å². The van der Waals surface area contributed by atoms with Crippen molar-refractivity contribution in [3.63, 3.8) is 0 Å². The molecule has 0 aliphatic heterocycles. The SMILES string of the molecule is CCN(CC)CC(C)Nc1ccc([N+](=O)[O-])nc1. The first-order valence-corrected chi connectivity index (χ1v) is 6.16. The smallest absolute Gasteiger partial charge is 0.363 e. The monoisotopic (exact) mass is 252 g/mol. The van der Waals surface area contributed by atoms with Gasteiger partial charge in [-0.15, -0.1) is 0 Å². The summed E-state index contributed by atoms with van der Waals surface area (Å²) in [5.41, 5.74) is 0.806. The zero-order valence-electron chi connectivity index (χ0n) is 11.1. The maximum atomic E-state index is 10.5. The Morgan fingerprint density at radius 1 is 1.44 bits per heavy atom. The van der Waals surface area contributed by atoms with Gasteiger partial charge in [0.1, 0.15) is 0 Å². The van der Waals surface area contributed by atoms with Crippen LogP contribution in [-0.4, -0.2) is 40.5 Å². The van der Waals surface area contributed by atoms with Gasteiger partial charge < -0.3 is 20.3 Å². The molecule has 1 atom stereocenters. The Labute approximate surface area is 107 Å².